The number of benzene rings is 2. The summed E-state index contributed by atoms with van der Waals surface area (Å²) < 4.78 is 10.8. The second kappa shape index (κ2) is 10.5. The van der Waals surface area contributed by atoms with E-state index in [9.17, 15) is 19.2 Å². The number of aliphatic carboxylic acids is 1. The Morgan fingerprint density at radius 3 is 2.53 bits per heavy atom. The Labute approximate surface area is 188 Å². The second-order valence-electron chi connectivity index (χ2n) is 6.47. The number of hydrogen-bond donors (Lipinski definition) is 2. The normalized spacial score (nSPS) is 14.5. The van der Waals surface area contributed by atoms with Gasteiger partial charge in [0.2, 0.25) is 5.91 Å². The van der Waals surface area contributed by atoms with E-state index in [0.717, 1.165) is 4.90 Å². The Morgan fingerprint density at radius 2 is 1.84 bits per heavy atom. The molecule has 1 aliphatic rings. The maximum absolute atomic E-state index is 12.8. The smallest absolute Gasteiger partial charge is 0.341 e. The maximum Gasteiger partial charge on any atom is 0.341 e. The van der Waals surface area contributed by atoms with Crippen LogP contribution in [0.25, 0.3) is 6.08 Å². The van der Waals surface area contributed by atoms with Gasteiger partial charge in [0.05, 0.1) is 11.5 Å². The van der Waals surface area contributed by atoms with Gasteiger partial charge in [0, 0.05) is 11.3 Å². The molecule has 1 heterocycles. The fourth-order valence-corrected chi connectivity index (χ4v) is 3.68. The summed E-state index contributed by atoms with van der Waals surface area (Å²) >= 11 is 0.683. The topological polar surface area (TPSA) is 122 Å². The quantitative estimate of drug-likeness (QED) is 0.552. The van der Waals surface area contributed by atoms with E-state index in [0.29, 0.717) is 35.4 Å². The fraction of sp³-hybridized carbons (Fsp3) is 0.182. The molecule has 1 saturated heterocycles. The molecule has 3 amide bonds. The number of carboxylic acids is 1. The van der Waals surface area contributed by atoms with Crippen molar-refractivity contribution in [2.75, 3.05) is 25.1 Å². The van der Waals surface area contributed by atoms with Crippen LogP contribution in [0.2, 0.25) is 0 Å². The summed E-state index contributed by atoms with van der Waals surface area (Å²) in [6.45, 7) is 1.05. The van der Waals surface area contributed by atoms with Gasteiger partial charge in [0.15, 0.2) is 18.1 Å². The number of rotatable bonds is 9. The van der Waals surface area contributed by atoms with Gasteiger partial charge >= 0.3 is 5.97 Å². The number of nitrogens with zero attached hydrogens (tertiary/aromatic N) is 1. The predicted octanol–water partition coefficient (Wildman–Crippen LogP) is 3.22. The van der Waals surface area contributed by atoms with Crippen LogP contribution < -0.4 is 14.8 Å². The summed E-state index contributed by atoms with van der Waals surface area (Å²) in [4.78, 5) is 49.3. The molecule has 2 N–H and O–H groups in total. The second-order valence-corrected chi connectivity index (χ2v) is 7.47. The summed E-state index contributed by atoms with van der Waals surface area (Å²) in [7, 11) is 0. The van der Waals surface area contributed by atoms with Crippen LogP contribution in [0.15, 0.2) is 53.4 Å². The minimum absolute atomic E-state index is 0.0799. The van der Waals surface area contributed by atoms with Crippen molar-refractivity contribution in [3.63, 3.8) is 0 Å². The third kappa shape index (κ3) is 5.67. The summed E-state index contributed by atoms with van der Waals surface area (Å²) in [6, 6.07) is 13.5. The Hall–Kier alpha value is -3.79. The van der Waals surface area contributed by atoms with Gasteiger partial charge in [-0.2, -0.15) is 0 Å². The van der Waals surface area contributed by atoms with Gasteiger partial charge < -0.3 is 19.9 Å². The maximum atomic E-state index is 12.8. The lowest BCUT2D eigenvalue weighted by molar-refractivity contribution is -0.139. The van der Waals surface area contributed by atoms with Gasteiger partial charge in [-0.05, 0) is 43.0 Å². The van der Waals surface area contributed by atoms with Crippen molar-refractivity contribution in [2.24, 2.45) is 0 Å². The molecular formula is C22H20N2O7S. The van der Waals surface area contributed by atoms with Crippen LogP contribution in [0.3, 0.4) is 0 Å². The fourth-order valence-electron chi connectivity index (χ4n) is 2.85. The molecule has 2 aromatic carbocycles. The number of carbonyl (C=O) groups is 4. The van der Waals surface area contributed by atoms with Gasteiger partial charge in [-0.3, -0.25) is 19.3 Å². The molecule has 0 unspecified atom stereocenters. The first kappa shape index (κ1) is 22.9. The van der Waals surface area contributed by atoms with E-state index >= 15 is 0 Å². The number of thioether (sulfide) groups is 1. The number of carboxylic acid groups (broad SMARTS) is 1. The molecule has 0 atom stereocenters. The van der Waals surface area contributed by atoms with E-state index in [-0.39, 0.29) is 10.7 Å². The van der Waals surface area contributed by atoms with Crippen molar-refractivity contribution in [1.29, 1.82) is 0 Å². The molecule has 1 fully saturated rings. The first-order valence-corrected chi connectivity index (χ1v) is 10.4. The van der Waals surface area contributed by atoms with Gasteiger partial charge in [-0.25, -0.2) is 4.79 Å². The SMILES string of the molecule is CCOc1cccc(/C=C2\SC(=O)N(CC(=O)Nc3ccccc3)C2=O)c1OCC(=O)O. The zero-order valence-electron chi connectivity index (χ0n) is 17.1. The molecule has 2 aromatic rings. The molecule has 0 bridgehead atoms. The molecule has 0 spiro atoms. The zero-order chi connectivity index (χ0) is 23.1. The van der Waals surface area contributed by atoms with Crippen LogP contribution in [0.5, 0.6) is 11.5 Å². The van der Waals surface area contributed by atoms with Crippen molar-refractivity contribution in [1.82, 2.24) is 4.90 Å². The molecule has 0 aliphatic carbocycles. The first-order valence-electron chi connectivity index (χ1n) is 9.59. The lowest BCUT2D eigenvalue weighted by Crippen LogP contribution is -2.36. The number of carbonyl (C=O) groups excluding carboxylic acids is 3. The summed E-state index contributed by atoms with van der Waals surface area (Å²) in [5.41, 5.74) is 0.921. The van der Waals surface area contributed by atoms with Crippen molar-refractivity contribution in [3.8, 4) is 11.5 Å². The number of para-hydroxylation sites is 2. The highest BCUT2D eigenvalue weighted by molar-refractivity contribution is 8.18. The van der Waals surface area contributed by atoms with Crippen LogP contribution >= 0.6 is 11.8 Å². The van der Waals surface area contributed by atoms with E-state index in [2.05, 4.69) is 5.32 Å². The molecule has 9 nitrogen and oxygen atoms in total. The summed E-state index contributed by atoms with van der Waals surface area (Å²) in [5, 5.41) is 11.0. The van der Waals surface area contributed by atoms with Crippen molar-refractivity contribution in [2.45, 2.75) is 6.92 Å². The lowest BCUT2D eigenvalue weighted by Gasteiger charge is -2.14. The number of imide groups is 1. The van der Waals surface area contributed by atoms with Gasteiger partial charge in [0.1, 0.15) is 6.54 Å². The van der Waals surface area contributed by atoms with Gasteiger partial charge in [-0.1, -0.05) is 30.3 Å². The molecule has 3 rings (SSSR count). The van der Waals surface area contributed by atoms with E-state index < -0.39 is 36.2 Å². The third-order valence-corrected chi connectivity index (χ3v) is 5.08. The highest BCUT2D eigenvalue weighted by atomic mass is 32.2. The minimum Gasteiger partial charge on any atom is -0.490 e. The number of hydrogen-bond acceptors (Lipinski definition) is 7. The Bertz CT molecular complexity index is 1070. The average Bonchev–Trinajstić information content (AvgIpc) is 3.01. The van der Waals surface area contributed by atoms with Crippen molar-refractivity contribution < 1.29 is 33.8 Å². The average molecular weight is 456 g/mol. The molecule has 0 radical (unpaired) electrons. The van der Waals surface area contributed by atoms with E-state index in [4.69, 9.17) is 14.6 Å². The predicted molar refractivity (Wildman–Crippen MR) is 118 cm³/mol. The molecule has 10 heteroatoms. The van der Waals surface area contributed by atoms with Gasteiger partial charge in [0.25, 0.3) is 11.1 Å². The molecule has 0 aromatic heterocycles. The molecular weight excluding hydrogens is 436 g/mol. The summed E-state index contributed by atoms with van der Waals surface area (Å²) in [6.07, 6.45) is 1.42. The van der Waals surface area contributed by atoms with Crippen LogP contribution in [-0.2, 0) is 14.4 Å². The van der Waals surface area contributed by atoms with Crippen LogP contribution in [0, 0.1) is 0 Å². The first-order chi connectivity index (χ1) is 15.4. The largest absolute Gasteiger partial charge is 0.490 e. The number of anilines is 1. The monoisotopic (exact) mass is 456 g/mol. The molecule has 32 heavy (non-hydrogen) atoms. The van der Waals surface area contributed by atoms with Gasteiger partial charge in [-0.15, -0.1) is 0 Å². The number of ether oxygens (including phenoxy) is 2. The van der Waals surface area contributed by atoms with E-state index in [1.54, 1.807) is 55.5 Å². The highest BCUT2D eigenvalue weighted by Crippen LogP contribution is 2.37. The van der Waals surface area contributed by atoms with Crippen LogP contribution in [0.1, 0.15) is 12.5 Å². The Kier molecular flexibility index (Phi) is 7.50. The van der Waals surface area contributed by atoms with Crippen LogP contribution in [-0.4, -0.2) is 52.8 Å². The molecule has 0 saturated carbocycles. The van der Waals surface area contributed by atoms with E-state index in [1.807, 2.05) is 0 Å². The van der Waals surface area contributed by atoms with Crippen LogP contribution in [0.4, 0.5) is 10.5 Å². The highest BCUT2D eigenvalue weighted by Gasteiger charge is 2.36. The Balaban J connectivity index is 1.80. The van der Waals surface area contributed by atoms with Crippen molar-refractivity contribution in [3.05, 3.63) is 59.0 Å². The minimum atomic E-state index is -1.17. The Morgan fingerprint density at radius 1 is 1.09 bits per heavy atom. The lowest BCUT2D eigenvalue weighted by atomic mass is 10.1. The zero-order valence-corrected chi connectivity index (χ0v) is 17.9. The summed E-state index contributed by atoms with van der Waals surface area (Å²) in [5.74, 6) is -1.86. The molecule has 166 valence electrons. The number of nitrogens with one attached hydrogen (secondary N) is 1. The molecule has 1 aliphatic heterocycles. The third-order valence-electron chi connectivity index (χ3n) is 4.17. The standard InChI is InChI=1S/C22H20N2O7S/c1-2-30-16-10-6-7-14(20(16)31-13-19(26)27)11-17-21(28)24(22(29)32-17)12-18(25)23-15-8-4-3-5-9-15/h3-11H,2,12-13H2,1H3,(H,23,25)(H,26,27)/b17-11-. The van der Waals surface area contributed by atoms with Crippen molar-refractivity contribution >= 4 is 46.5 Å². The number of amides is 3. The van der Waals surface area contributed by atoms with E-state index in [1.165, 1.54) is 6.08 Å².